The molecular weight excluding hydrogens is 477 g/mol. The molecule has 1 N–H and O–H groups in total. The summed E-state index contributed by atoms with van der Waals surface area (Å²) in [7, 11) is 0. The number of hydrogen-bond donors (Lipinski definition) is 1. The summed E-state index contributed by atoms with van der Waals surface area (Å²) in [5.41, 5.74) is 1.00. The number of hydrogen-bond acceptors (Lipinski definition) is 3. The second kappa shape index (κ2) is 11.7. The van der Waals surface area contributed by atoms with Gasteiger partial charge in [-0.2, -0.15) is 0 Å². The van der Waals surface area contributed by atoms with E-state index >= 15 is 8.78 Å². The van der Waals surface area contributed by atoms with Gasteiger partial charge in [-0.3, -0.25) is 4.90 Å². The standard InChI is InChI=1S/C30H37F3N2O2/c1-20-16-23-22-12-8-9-13-26(22)34-28(23)29(35(20)19-30(2,3)33)27-24(31)17-21(18-25(27)32)37-15-11-7-5-4-6-10-14-36/h8-9,12-14,17-18,20,29,34H,4-7,10-11,15-16,19H2,1-3H3/t20-,29-/m1/s1. The van der Waals surface area contributed by atoms with Crippen LogP contribution in [0.15, 0.2) is 36.4 Å². The van der Waals surface area contributed by atoms with E-state index in [0.29, 0.717) is 25.1 Å². The van der Waals surface area contributed by atoms with E-state index in [0.717, 1.165) is 54.9 Å². The summed E-state index contributed by atoms with van der Waals surface area (Å²) >= 11 is 0. The Bertz CT molecular complexity index is 1190. The number of halogens is 3. The molecule has 0 unspecified atom stereocenters. The zero-order valence-electron chi connectivity index (χ0n) is 22.0. The average molecular weight is 515 g/mol. The summed E-state index contributed by atoms with van der Waals surface area (Å²) in [6, 6.07) is 9.40. The third-order valence-corrected chi connectivity index (χ3v) is 7.14. The molecule has 0 bridgehead atoms. The van der Waals surface area contributed by atoms with Gasteiger partial charge in [0.1, 0.15) is 29.3 Å². The van der Waals surface area contributed by atoms with Gasteiger partial charge in [0.2, 0.25) is 0 Å². The van der Waals surface area contributed by atoms with Crippen molar-refractivity contribution in [3.05, 3.63) is 64.9 Å². The normalized spacial score (nSPS) is 18.2. The van der Waals surface area contributed by atoms with Crippen molar-refractivity contribution in [1.29, 1.82) is 0 Å². The molecule has 2 atom stereocenters. The molecule has 1 aliphatic rings. The number of benzene rings is 2. The summed E-state index contributed by atoms with van der Waals surface area (Å²) in [5.74, 6) is -1.25. The van der Waals surface area contributed by atoms with E-state index in [9.17, 15) is 9.18 Å². The first-order valence-electron chi connectivity index (χ1n) is 13.3. The molecule has 3 aromatic rings. The van der Waals surface area contributed by atoms with Crippen LogP contribution in [-0.2, 0) is 11.2 Å². The minimum absolute atomic E-state index is 0.0393. The number of aromatic nitrogens is 1. The highest BCUT2D eigenvalue weighted by Gasteiger charge is 2.41. The third kappa shape index (κ3) is 6.38. The van der Waals surface area contributed by atoms with Crippen LogP contribution in [0, 0.1) is 11.6 Å². The quantitative estimate of drug-likeness (QED) is 0.202. The second-order valence-electron chi connectivity index (χ2n) is 10.8. The highest BCUT2D eigenvalue weighted by molar-refractivity contribution is 5.85. The molecular formula is C30H37F3N2O2. The van der Waals surface area contributed by atoms with Gasteiger partial charge >= 0.3 is 0 Å². The molecule has 7 heteroatoms. The molecule has 2 aromatic carbocycles. The molecule has 1 aromatic heterocycles. The van der Waals surface area contributed by atoms with Crippen molar-refractivity contribution >= 4 is 17.2 Å². The fourth-order valence-corrected chi connectivity index (χ4v) is 5.45. The molecule has 0 fully saturated rings. The van der Waals surface area contributed by atoms with Crippen molar-refractivity contribution in [3.63, 3.8) is 0 Å². The van der Waals surface area contributed by atoms with Crippen molar-refractivity contribution in [3.8, 4) is 5.75 Å². The van der Waals surface area contributed by atoms with Gasteiger partial charge in [-0.15, -0.1) is 0 Å². The minimum Gasteiger partial charge on any atom is -0.493 e. The molecule has 37 heavy (non-hydrogen) atoms. The van der Waals surface area contributed by atoms with Gasteiger partial charge < -0.3 is 14.5 Å². The Morgan fingerprint density at radius 2 is 1.76 bits per heavy atom. The predicted octanol–water partition coefficient (Wildman–Crippen LogP) is 7.45. The van der Waals surface area contributed by atoms with Crippen LogP contribution in [0.2, 0.25) is 0 Å². The maximum atomic E-state index is 15.6. The number of carbonyl (C=O) groups is 1. The lowest BCUT2D eigenvalue weighted by Crippen LogP contribution is -2.48. The number of H-pyrrole nitrogens is 1. The highest BCUT2D eigenvalue weighted by Crippen LogP contribution is 2.43. The number of ether oxygens (including phenoxy) is 1. The van der Waals surface area contributed by atoms with Gasteiger partial charge in [0.25, 0.3) is 0 Å². The third-order valence-electron chi connectivity index (χ3n) is 7.14. The van der Waals surface area contributed by atoms with Gasteiger partial charge in [-0.25, -0.2) is 13.2 Å². The Hall–Kier alpha value is -2.80. The summed E-state index contributed by atoms with van der Waals surface area (Å²) in [6.45, 7) is 5.36. The van der Waals surface area contributed by atoms with E-state index in [-0.39, 0.29) is 23.9 Å². The van der Waals surface area contributed by atoms with Crippen molar-refractivity contribution in [1.82, 2.24) is 9.88 Å². The topological polar surface area (TPSA) is 45.3 Å². The number of para-hydroxylation sites is 1. The van der Waals surface area contributed by atoms with Crippen LogP contribution in [0.4, 0.5) is 13.2 Å². The fraction of sp³-hybridized carbons (Fsp3) is 0.500. The van der Waals surface area contributed by atoms with E-state index in [1.165, 1.54) is 26.0 Å². The predicted molar refractivity (Wildman–Crippen MR) is 141 cm³/mol. The Morgan fingerprint density at radius 3 is 2.46 bits per heavy atom. The van der Waals surface area contributed by atoms with E-state index in [4.69, 9.17) is 4.74 Å². The number of alkyl halides is 1. The first-order chi connectivity index (χ1) is 17.7. The maximum absolute atomic E-state index is 15.6. The summed E-state index contributed by atoms with van der Waals surface area (Å²) < 4.78 is 51.8. The molecule has 0 aliphatic carbocycles. The van der Waals surface area contributed by atoms with Gasteiger partial charge in [-0.05, 0) is 51.7 Å². The monoisotopic (exact) mass is 514 g/mol. The molecule has 4 rings (SSSR count). The van der Waals surface area contributed by atoms with Crippen LogP contribution in [0.3, 0.4) is 0 Å². The number of nitrogens with zero attached hydrogens (tertiary/aromatic N) is 1. The Kier molecular flexibility index (Phi) is 8.63. The van der Waals surface area contributed by atoms with Gasteiger partial charge in [0, 0.05) is 53.3 Å². The minimum atomic E-state index is -1.54. The zero-order valence-corrected chi connectivity index (χ0v) is 22.0. The van der Waals surface area contributed by atoms with E-state index < -0.39 is 23.3 Å². The van der Waals surface area contributed by atoms with E-state index in [2.05, 4.69) is 4.98 Å². The number of unbranched alkanes of at least 4 members (excludes halogenated alkanes) is 5. The van der Waals surface area contributed by atoms with Gasteiger partial charge in [0.05, 0.1) is 12.6 Å². The van der Waals surface area contributed by atoms with Crippen LogP contribution in [0.25, 0.3) is 10.9 Å². The first kappa shape index (κ1) is 27.2. The highest BCUT2D eigenvalue weighted by atomic mass is 19.1. The molecule has 0 spiro atoms. The van der Waals surface area contributed by atoms with Crippen molar-refractivity contribution in [2.45, 2.75) is 83.5 Å². The van der Waals surface area contributed by atoms with Crippen LogP contribution in [0.1, 0.15) is 82.2 Å². The van der Waals surface area contributed by atoms with Crippen molar-refractivity contribution < 1.29 is 22.7 Å². The molecule has 1 aliphatic heterocycles. The number of aromatic amines is 1. The molecule has 4 nitrogen and oxygen atoms in total. The Balaban J connectivity index is 1.60. The Labute approximate surface area is 217 Å². The molecule has 0 saturated carbocycles. The van der Waals surface area contributed by atoms with Crippen LogP contribution >= 0.6 is 0 Å². The fourth-order valence-electron chi connectivity index (χ4n) is 5.45. The summed E-state index contributed by atoms with van der Waals surface area (Å²) in [4.78, 5) is 15.6. The zero-order chi connectivity index (χ0) is 26.6. The average Bonchev–Trinajstić information content (AvgIpc) is 3.19. The lowest BCUT2D eigenvalue weighted by atomic mass is 9.87. The molecule has 200 valence electrons. The second-order valence-corrected chi connectivity index (χ2v) is 10.8. The maximum Gasteiger partial charge on any atom is 0.135 e. The molecule has 0 amide bonds. The molecule has 0 radical (unpaired) electrons. The van der Waals surface area contributed by atoms with Gasteiger partial charge in [0.15, 0.2) is 0 Å². The van der Waals surface area contributed by atoms with E-state index in [1.807, 2.05) is 36.1 Å². The van der Waals surface area contributed by atoms with Gasteiger partial charge in [-0.1, -0.05) is 37.5 Å². The van der Waals surface area contributed by atoms with Crippen LogP contribution in [0.5, 0.6) is 5.75 Å². The van der Waals surface area contributed by atoms with Crippen LogP contribution in [-0.4, -0.2) is 41.0 Å². The number of fused-ring (bicyclic) bond motifs is 3. The lowest BCUT2D eigenvalue weighted by molar-refractivity contribution is -0.107. The number of carbonyl (C=O) groups excluding carboxylic acids is 1. The van der Waals surface area contributed by atoms with Crippen molar-refractivity contribution in [2.75, 3.05) is 13.2 Å². The summed E-state index contributed by atoms with van der Waals surface area (Å²) in [6.07, 6.45) is 6.73. The van der Waals surface area contributed by atoms with E-state index in [1.54, 1.807) is 0 Å². The number of nitrogens with one attached hydrogen (secondary N) is 1. The Morgan fingerprint density at radius 1 is 1.08 bits per heavy atom. The summed E-state index contributed by atoms with van der Waals surface area (Å²) in [5, 5.41) is 1.03. The SMILES string of the molecule is C[C@@H]1Cc2c([nH]c3ccccc23)[C@@H](c2c(F)cc(OCCCCCCCC=O)cc2F)N1CC(C)(C)F. The number of rotatable bonds is 12. The smallest absolute Gasteiger partial charge is 0.135 e. The largest absolute Gasteiger partial charge is 0.493 e. The molecule has 0 saturated heterocycles. The molecule has 2 heterocycles. The van der Waals surface area contributed by atoms with Crippen LogP contribution < -0.4 is 4.74 Å². The number of aldehydes is 1. The lowest BCUT2D eigenvalue weighted by Gasteiger charge is -2.43. The van der Waals surface area contributed by atoms with Crippen molar-refractivity contribution in [2.24, 2.45) is 0 Å². The first-order valence-corrected chi connectivity index (χ1v) is 13.3.